The van der Waals surface area contributed by atoms with Crippen molar-refractivity contribution in [2.75, 3.05) is 29.9 Å². The van der Waals surface area contributed by atoms with Crippen molar-refractivity contribution in [2.24, 2.45) is 5.92 Å². The van der Waals surface area contributed by atoms with Crippen molar-refractivity contribution in [1.29, 1.82) is 0 Å². The molecular formula is C28H29N3O4S. The van der Waals surface area contributed by atoms with Crippen molar-refractivity contribution in [3.05, 3.63) is 77.4 Å². The van der Waals surface area contributed by atoms with Gasteiger partial charge in [-0.25, -0.2) is 8.42 Å². The van der Waals surface area contributed by atoms with E-state index in [0.717, 1.165) is 19.3 Å². The molecule has 8 heteroatoms. The molecule has 36 heavy (non-hydrogen) atoms. The minimum Gasteiger partial charge on any atom is -0.454 e. The largest absolute Gasteiger partial charge is 0.454 e. The van der Waals surface area contributed by atoms with Crippen LogP contribution in [0.2, 0.25) is 0 Å². The molecule has 0 aromatic heterocycles. The third-order valence-electron chi connectivity index (χ3n) is 7.49. The molecule has 7 nitrogen and oxygen atoms in total. The summed E-state index contributed by atoms with van der Waals surface area (Å²) >= 11 is 0. The second-order valence-electron chi connectivity index (χ2n) is 9.90. The highest BCUT2D eigenvalue weighted by molar-refractivity contribution is 7.89. The average Bonchev–Trinajstić information content (AvgIpc) is 3.03. The number of nitrogens with one attached hydrogen (secondary N) is 1. The van der Waals surface area contributed by atoms with Crippen LogP contribution in [0.15, 0.2) is 65.6 Å². The lowest BCUT2D eigenvalue weighted by molar-refractivity contribution is 0.102. The number of hydrogen-bond acceptors (Lipinski definition) is 5. The number of carbonyl (C=O) groups excluding carboxylic acids is 1. The van der Waals surface area contributed by atoms with Gasteiger partial charge in [0.05, 0.1) is 16.9 Å². The molecule has 3 aromatic carbocycles. The molecule has 0 atom stereocenters. The number of rotatable bonds is 3. The number of benzene rings is 3. The third-order valence-corrected chi connectivity index (χ3v) is 9.42. The Hall–Kier alpha value is -3.36. The van der Waals surface area contributed by atoms with Crippen molar-refractivity contribution >= 4 is 27.3 Å². The van der Waals surface area contributed by atoms with E-state index in [1.807, 2.05) is 24.3 Å². The fourth-order valence-corrected chi connectivity index (χ4v) is 6.99. The topological polar surface area (TPSA) is 79.0 Å². The van der Waals surface area contributed by atoms with Crippen LogP contribution in [-0.4, -0.2) is 38.3 Å². The molecule has 3 aliphatic rings. The van der Waals surface area contributed by atoms with Crippen LogP contribution < -0.4 is 15.0 Å². The van der Waals surface area contributed by atoms with E-state index >= 15 is 0 Å². The van der Waals surface area contributed by atoms with E-state index in [9.17, 15) is 13.2 Å². The van der Waals surface area contributed by atoms with Gasteiger partial charge in [-0.3, -0.25) is 4.79 Å². The lowest BCUT2D eigenvalue weighted by Gasteiger charge is -2.35. The highest BCUT2D eigenvalue weighted by Crippen LogP contribution is 2.42. The first-order valence-corrected chi connectivity index (χ1v) is 13.9. The van der Waals surface area contributed by atoms with Gasteiger partial charge in [-0.15, -0.1) is 0 Å². The molecule has 1 saturated heterocycles. The predicted molar refractivity (Wildman–Crippen MR) is 139 cm³/mol. The summed E-state index contributed by atoms with van der Waals surface area (Å²) in [6.45, 7) is 4.39. The van der Waals surface area contributed by atoms with Crippen molar-refractivity contribution in [1.82, 2.24) is 4.31 Å². The Labute approximate surface area is 211 Å². The van der Waals surface area contributed by atoms with Gasteiger partial charge < -0.3 is 15.0 Å². The zero-order chi connectivity index (χ0) is 24.9. The molecule has 0 saturated carbocycles. The molecule has 0 radical (unpaired) electrons. The number of piperidine rings is 1. The second-order valence-corrected chi connectivity index (χ2v) is 11.8. The molecule has 1 amide bonds. The minimum atomic E-state index is -3.82. The van der Waals surface area contributed by atoms with E-state index in [1.54, 1.807) is 22.5 Å². The molecule has 1 N–H and O–H groups in total. The zero-order valence-electron chi connectivity index (χ0n) is 20.2. The van der Waals surface area contributed by atoms with E-state index in [4.69, 9.17) is 4.74 Å². The molecule has 3 aromatic rings. The highest BCUT2D eigenvalue weighted by Gasteiger charge is 2.35. The van der Waals surface area contributed by atoms with Crippen LogP contribution in [0, 0.1) is 5.92 Å². The molecule has 186 valence electrons. The van der Waals surface area contributed by atoms with Crippen LogP contribution in [0.25, 0.3) is 0 Å². The number of amides is 1. The smallest absolute Gasteiger partial charge is 0.259 e. The van der Waals surface area contributed by atoms with Crippen molar-refractivity contribution < 1.29 is 17.9 Å². The number of anilines is 2. The summed E-state index contributed by atoms with van der Waals surface area (Å²) in [5.41, 5.74) is 3.81. The van der Waals surface area contributed by atoms with Crippen LogP contribution in [0.3, 0.4) is 0 Å². The first-order chi connectivity index (χ1) is 17.4. The summed E-state index contributed by atoms with van der Waals surface area (Å²) in [6, 6.07) is 18.7. The normalized spacial score (nSPS) is 18.4. The lowest BCUT2D eigenvalue weighted by atomic mass is 9.99. The summed E-state index contributed by atoms with van der Waals surface area (Å²) < 4.78 is 35.8. The maximum atomic E-state index is 14.0. The predicted octanol–water partition coefficient (Wildman–Crippen LogP) is 5.03. The fraction of sp³-hybridized carbons (Fsp3) is 0.321. The zero-order valence-corrected chi connectivity index (χ0v) is 21.1. The standard InChI is InChI=1S/C28H29N3O4S/c1-19-10-14-31(15-11-19)36(33,34)27-16-22-26(35-25-9-5-4-8-23(25)29-28(22)32)17-24(27)30-13-12-20-6-2-3-7-21(20)18-30/h2-9,16-17,19H,10-15,18H2,1H3,(H,29,32). The van der Waals surface area contributed by atoms with Crippen molar-refractivity contribution in [3.8, 4) is 11.5 Å². The summed E-state index contributed by atoms with van der Waals surface area (Å²) in [6.07, 6.45) is 2.48. The van der Waals surface area contributed by atoms with Gasteiger partial charge in [0.15, 0.2) is 5.75 Å². The van der Waals surface area contributed by atoms with E-state index in [-0.39, 0.29) is 16.4 Å². The average molecular weight is 504 g/mol. The van der Waals surface area contributed by atoms with E-state index < -0.39 is 10.0 Å². The van der Waals surface area contributed by atoms with Gasteiger partial charge in [-0.1, -0.05) is 43.3 Å². The van der Waals surface area contributed by atoms with Crippen molar-refractivity contribution in [2.45, 2.75) is 37.6 Å². The van der Waals surface area contributed by atoms with Crippen LogP contribution in [-0.2, 0) is 23.0 Å². The van der Waals surface area contributed by atoms with E-state index in [1.165, 1.54) is 17.2 Å². The van der Waals surface area contributed by atoms with Gasteiger partial charge >= 0.3 is 0 Å². The third kappa shape index (κ3) is 4.04. The van der Waals surface area contributed by atoms with E-state index in [0.29, 0.717) is 55.0 Å². The summed E-state index contributed by atoms with van der Waals surface area (Å²) in [5, 5.41) is 2.87. The molecule has 3 aliphatic heterocycles. The molecule has 0 bridgehead atoms. The van der Waals surface area contributed by atoms with Gasteiger partial charge in [-0.05, 0) is 54.5 Å². The highest BCUT2D eigenvalue weighted by atomic mass is 32.2. The first-order valence-electron chi connectivity index (χ1n) is 12.5. The van der Waals surface area contributed by atoms with Gasteiger partial charge in [0, 0.05) is 32.2 Å². The molecular weight excluding hydrogens is 474 g/mol. The van der Waals surface area contributed by atoms with Crippen LogP contribution in [0.4, 0.5) is 11.4 Å². The van der Waals surface area contributed by atoms with Gasteiger partial charge in [0.25, 0.3) is 5.91 Å². The number of carbonyl (C=O) groups is 1. The van der Waals surface area contributed by atoms with Crippen LogP contribution in [0.1, 0.15) is 41.3 Å². The Morgan fingerprint density at radius 2 is 1.64 bits per heavy atom. The Morgan fingerprint density at radius 1 is 0.917 bits per heavy atom. The second kappa shape index (κ2) is 8.94. The number of hydrogen-bond donors (Lipinski definition) is 1. The van der Waals surface area contributed by atoms with Crippen LogP contribution >= 0.6 is 0 Å². The molecule has 1 fully saturated rings. The Bertz CT molecular complexity index is 1440. The number of fused-ring (bicyclic) bond motifs is 3. The van der Waals surface area contributed by atoms with Gasteiger partial charge in [-0.2, -0.15) is 4.31 Å². The fourth-order valence-electron chi connectivity index (χ4n) is 5.30. The van der Waals surface area contributed by atoms with Gasteiger partial charge in [0.2, 0.25) is 10.0 Å². The number of ether oxygens (including phenoxy) is 1. The summed E-state index contributed by atoms with van der Waals surface area (Å²) in [5.74, 6) is 1.01. The number of sulfonamides is 1. The molecule has 0 spiro atoms. The molecule has 6 rings (SSSR count). The molecule has 0 unspecified atom stereocenters. The summed E-state index contributed by atoms with van der Waals surface area (Å²) in [4.78, 5) is 15.5. The van der Waals surface area contributed by atoms with Crippen molar-refractivity contribution in [3.63, 3.8) is 0 Å². The van der Waals surface area contributed by atoms with Crippen LogP contribution in [0.5, 0.6) is 11.5 Å². The number of para-hydroxylation sites is 2. The SMILES string of the molecule is CC1CCN(S(=O)(=O)c2cc3c(cc2N2CCc4ccccc4C2)Oc2ccccc2NC3=O)CC1. The Balaban J connectivity index is 1.48. The Kier molecular flexibility index (Phi) is 5.73. The molecule has 0 aliphatic carbocycles. The van der Waals surface area contributed by atoms with E-state index in [2.05, 4.69) is 29.3 Å². The minimum absolute atomic E-state index is 0.167. The quantitative estimate of drug-likeness (QED) is 0.543. The summed E-state index contributed by atoms with van der Waals surface area (Å²) in [7, 11) is -3.82. The first kappa shape index (κ1) is 23.1. The maximum Gasteiger partial charge on any atom is 0.259 e. The maximum absolute atomic E-state index is 14.0. The number of nitrogens with zero attached hydrogens (tertiary/aromatic N) is 2. The Morgan fingerprint density at radius 3 is 2.44 bits per heavy atom. The molecule has 3 heterocycles. The monoisotopic (exact) mass is 503 g/mol. The lowest BCUT2D eigenvalue weighted by Crippen LogP contribution is -2.39. The van der Waals surface area contributed by atoms with Gasteiger partial charge in [0.1, 0.15) is 10.6 Å².